The summed E-state index contributed by atoms with van der Waals surface area (Å²) in [5, 5.41) is 2.92. The summed E-state index contributed by atoms with van der Waals surface area (Å²) in [7, 11) is -2.09. The summed E-state index contributed by atoms with van der Waals surface area (Å²) >= 11 is 0. The molecule has 3 aromatic carbocycles. The van der Waals surface area contributed by atoms with Crippen LogP contribution in [0.4, 0.5) is 5.69 Å². The highest BCUT2D eigenvalue weighted by Gasteiger charge is 2.33. The molecule has 0 saturated carbocycles. The largest absolute Gasteiger partial charge is 0.454 e. The second-order valence-electron chi connectivity index (χ2n) is 7.53. The molecule has 2 aliphatic heterocycles. The zero-order valence-corrected chi connectivity index (χ0v) is 17.8. The third kappa shape index (κ3) is 3.11. The molecule has 2 aliphatic rings. The number of amides is 1. The average Bonchev–Trinajstić information content (AvgIpc) is 3.23. The van der Waals surface area contributed by atoms with Crippen molar-refractivity contribution in [2.75, 3.05) is 18.1 Å². The van der Waals surface area contributed by atoms with Crippen molar-refractivity contribution in [3.8, 4) is 22.6 Å². The third-order valence-corrected chi connectivity index (χ3v) is 7.40. The van der Waals surface area contributed by atoms with Crippen LogP contribution in [0.1, 0.15) is 21.5 Å². The number of hydrogen-bond acceptors (Lipinski definition) is 5. The molecule has 0 saturated heterocycles. The zero-order chi connectivity index (χ0) is 21.8. The maximum Gasteiger partial charge on any atom is 0.264 e. The van der Waals surface area contributed by atoms with E-state index in [0.29, 0.717) is 40.4 Å². The van der Waals surface area contributed by atoms with Crippen LogP contribution < -0.4 is 19.1 Å². The lowest BCUT2D eigenvalue weighted by Gasteiger charge is -2.31. The van der Waals surface area contributed by atoms with Crippen LogP contribution in [-0.4, -0.2) is 28.2 Å². The van der Waals surface area contributed by atoms with Crippen molar-refractivity contribution in [1.29, 1.82) is 0 Å². The van der Waals surface area contributed by atoms with E-state index < -0.39 is 10.0 Å². The topological polar surface area (TPSA) is 84.9 Å². The van der Waals surface area contributed by atoms with Crippen molar-refractivity contribution in [2.24, 2.45) is 0 Å². The van der Waals surface area contributed by atoms with E-state index in [-0.39, 0.29) is 17.6 Å². The number of rotatable bonds is 3. The lowest BCUT2D eigenvalue weighted by molar-refractivity contribution is 0.0950. The molecule has 0 fully saturated rings. The molecular formula is C23H20N2O5S. The van der Waals surface area contributed by atoms with Gasteiger partial charge in [-0.15, -0.1) is 0 Å². The summed E-state index contributed by atoms with van der Waals surface area (Å²) in [6.07, 6.45) is 0. The second kappa shape index (κ2) is 7.02. The molecule has 0 bridgehead atoms. The Morgan fingerprint density at radius 1 is 1.03 bits per heavy atom. The standard InChI is InChI=1S/C23H20N2O5S/c1-14-9-16(23(26)24-12-15-7-8-19-20(10-15)30-13-29-19)11-18-17-5-3-4-6-21(17)31(27,28)25(2)22(14)18/h3-11H,12-13H2,1-2H3,(H,24,26). The number of sulfonamides is 1. The number of hydrogen-bond donors (Lipinski definition) is 1. The number of fused-ring (bicyclic) bond motifs is 4. The molecule has 3 aromatic rings. The van der Waals surface area contributed by atoms with E-state index in [2.05, 4.69) is 5.32 Å². The molecule has 31 heavy (non-hydrogen) atoms. The molecular weight excluding hydrogens is 416 g/mol. The van der Waals surface area contributed by atoms with E-state index in [1.165, 1.54) is 11.4 Å². The lowest BCUT2D eigenvalue weighted by Crippen LogP contribution is -2.31. The van der Waals surface area contributed by atoms with Gasteiger partial charge in [-0.3, -0.25) is 9.10 Å². The quantitative estimate of drug-likeness (QED) is 0.680. The first-order chi connectivity index (χ1) is 14.9. The van der Waals surface area contributed by atoms with Crippen LogP contribution in [-0.2, 0) is 16.6 Å². The molecule has 0 atom stereocenters. The van der Waals surface area contributed by atoms with E-state index in [1.807, 2.05) is 25.1 Å². The van der Waals surface area contributed by atoms with Gasteiger partial charge in [-0.1, -0.05) is 24.3 Å². The van der Waals surface area contributed by atoms with Crippen molar-refractivity contribution in [3.63, 3.8) is 0 Å². The summed E-state index contributed by atoms with van der Waals surface area (Å²) in [5.74, 6) is 1.12. The zero-order valence-electron chi connectivity index (χ0n) is 17.0. The van der Waals surface area contributed by atoms with Gasteiger partial charge in [-0.05, 0) is 48.4 Å². The van der Waals surface area contributed by atoms with E-state index in [0.717, 1.165) is 11.1 Å². The van der Waals surface area contributed by atoms with Crippen molar-refractivity contribution in [3.05, 3.63) is 71.3 Å². The molecule has 1 amide bonds. The monoisotopic (exact) mass is 436 g/mol. The summed E-state index contributed by atoms with van der Waals surface area (Å²) in [6.45, 7) is 2.34. The number of nitrogens with zero attached hydrogens (tertiary/aromatic N) is 1. The number of ether oxygens (including phenoxy) is 2. The van der Waals surface area contributed by atoms with Gasteiger partial charge in [-0.2, -0.15) is 0 Å². The molecule has 2 heterocycles. The molecule has 0 aromatic heterocycles. The maximum atomic E-state index is 12.9. The first-order valence-electron chi connectivity index (χ1n) is 9.76. The van der Waals surface area contributed by atoms with Gasteiger partial charge in [0.25, 0.3) is 15.9 Å². The molecule has 8 heteroatoms. The van der Waals surface area contributed by atoms with Gasteiger partial charge in [0.15, 0.2) is 11.5 Å². The summed E-state index contributed by atoms with van der Waals surface area (Å²) in [5.41, 5.74) is 3.99. The number of carbonyl (C=O) groups excluding carboxylic acids is 1. The van der Waals surface area contributed by atoms with E-state index in [9.17, 15) is 13.2 Å². The number of anilines is 1. The number of nitrogens with one attached hydrogen (secondary N) is 1. The van der Waals surface area contributed by atoms with Gasteiger partial charge >= 0.3 is 0 Å². The van der Waals surface area contributed by atoms with Crippen LogP contribution in [0, 0.1) is 6.92 Å². The first-order valence-corrected chi connectivity index (χ1v) is 11.2. The fraction of sp³-hybridized carbons (Fsp3) is 0.174. The Hall–Kier alpha value is -3.52. The minimum atomic E-state index is -3.63. The molecule has 0 unspecified atom stereocenters. The minimum Gasteiger partial charge on any atom is -0.454 e. The molecule has 5 rings (SSSR count). The van der Waals surface area contributed by atoms with Gasteiger partial charge in [0.2, 0.25) is 6.79 Å². The summed E-state index contributed by atoms with van der Waals surface area (Å²) in [4.78, 5) is 13.1. The van der Waals surface area contributed by atoms with Gasteiger partial charge in [0.1, 0.15) is 0 Å². The van der Waals surface area contributed by atoms with Crippen LogP contribution in [0.5, 0.6) is 11.5 Å². The van der Waals surface area contributed by atoms with Crippen LogP contribution in [0.2, 0.25) is 0 Å². The number of benzene rings is 3. The Bertz CT molecular complexity index is 1330. The normalized spacial score (nSPS) is 15.2. The molecule has 0 radical (unpaired) electrons. The lowest BCUT2D eigenvalue weighted by atomic mass is 9.96. The smallest absolute Gasteiger partial charge is 0.264 e. The highest BCUT2D eigenvalue weighted by Crippen LogP contribution is 2.44. The Morgan fingerprint density at radius 2 is 1.81 bits per heavy atom. The number of carbonyl (C=O) groups is 1. The fourth-order valence-corrected chi connectivity index (χ4v) is 5.54. The van der Waals surface area contributed by atoms with E-state index in [1.54, 1.807) is 36.4 Å². The van der Waals surface area contributed by atoms with Crippen molar-refractivity contribution < 1.29 is 22.7 Å². The summed E-state index contributed by atoms with van der Waals surface area (Å²) in [6, 6.07) is 15.9. The van der Waals surface area contributed by atoms with Crippen LogP contribution in [0.15, 0.2) is 59.5 Å². The average molecular weight is 436 g/mol. The Balaban J connectivity index is 1.47. The van der Waals surface area contributed by atoms with E-state index in [4.69, 9.17) is 9.47 Å². The molecule has 0 spiro atoms. The Morgan fingerprint density at radius 3 is 2.65 bits per heavy atom. The highest BCUT2D eigenvalue weighted by atomic mass is 32.2. The predicted molar refractivity (Wildman–Crippen MR) is 116 cm³/mol. The molecule has 7 nitrogen and oxygen atoms in total. The Kier molecular flexibility index (Phi) is 4.40. The fourth-order valence-electron chi connectivity index (χ4n) is 4.05. The first kappa shape index (κ1) is 19.4. The molecule has 0 aliphatic carbocycles. The van der Waals surface area contributed by atoms with E-state index >= 15 is 0 Å². The van der Waals surface area contributed by atoms with Gasteiger partial charge in [0, 0.05) is 30.3 Å². The molecule has 158 valence electrons. The van der Waals surface area contributed by atoms with Gasteiger partial charge < -0.3 is 14.8 Å². The van der Waals surface area contributed by atoms with Crippen LogP contribution >= 0.6 is 0 Å². The minimum absolute atomic E-state index is 0.200. The van der Waals surface area contributed by atoms with Crippen molar-refractivity contribution in [2.45, 2.75) is 18.4 Å². The van der Waals surface area contributed by atoms with Gasteiger partial charge in [0.05, 0.1) is 10.6 Å². The van der Waals surface area contributed by atoms with Crippen LogP contribution in [0.3, 0.4) is 0 Å². The SMILES string of the molecule is Cc1cc(C(=O)NCc2ccc3c(c2)OCO3)cc2c1N(C)S(=O)(=O)c1ccccc1-2. The van der Waals surface area contributed by atoms with Gasteiger partial charge in [-0.25, -0.2) is 8.42 Å². The maximum absolute atomic E-state index is 12.9. The predicted octanol–water partition coefficient (Wildman–Crippen LogP) is 3.46. The second-order valence-corrected chi connectivity index (χ2v) is 9.47. The van der Waals surface area contributed by atoms with Crippen molar-refractivity contribution >= 4 is 21.6 Å². The van der Waals surface area contributed by atoms with Crippen LogP contribution in [0.25, 0.3) is 11.1 Å². The number of aryl methyl sites for hydroxylation is 1. The Labute approximate surface area is 180 Å². The third-order valence-electron chi connectivity index (χ3n) is 5.58. The highest BCUT2D eigenvalue weighted by molar-refractivity contribution is 7.93. The summed E-state index contributed by atoms with van der Waals surface area (Å²) < 4.78 is 37.8. The molecule has 1 N–H and O–H groups in total. The van der Waals surface area contributed by atoms with Crippen molar-refractivity contribution in [1.82, 2.24) is 5.32 Å².